The first-order chi connectivity index (χ1) is 12.0. The highest BCUT2D eigenvalue weighted by atomic mass is 32.1. The Labute approximate surface area is 150 Å². The van der Waals surface area contributed by atoms with Gasteiger partial charge in [0.25, 0.3) is 0 Å². The highest BCUT2D eigenvalue weighted by molar-refractivity contribution is 7.13. The number of thiazole rings is 1. The van der Waals surface area contributed by atoms with Crippen LogP contribution < -0.4 is 20.7 Å². The van der Waals surface area contributed by atoms with Crippen LogP contribution in [0.15, 0.2) is 29.6 Å². The van der Waals surface area contributed by atoms with E-state index < -0.39 is 0 Å². The van der Waals surface area contributed by atoms with Gasteiger partial charge in [0.05, 0.1) is 12.8 Å². The number of nitrogens with one attached hydrogen (secondary N) is 3. The van der Waals surface area contributed by atoms with Gasteiger partial charge in [-0.2, -0.15) is 0 Å². The van der Waals surface area contributed by atoms with Crippen LogP contribution in [-0.4, -0.2) is 30.1 Å². The van der Waals surface area contributed by atoms with Gasteiger partial charge in [-0.3, -0.25) is 10.1 Å². The van der Waals surface area contributed by atoms with Crippen LogP contribution >= 0.6 is 11.3 Å². The van der Waals surface area contributed by atoms with Crippen LogP contribution in [-0.2, 0) is 11.2 Å². The molecule has 8 heteroatoms. The van der Waals surface area contributed by atoms with Crippen molar-refractivity contribution in [3.8, 4) is 5.75 Å². The lowest BCUT2D eigenvalue weighted by molar-refractivity contribution is -0.121. The van der Waals surface area contributed by atoms with Crippen molar-refractivity contribution in [3.05, 3.63) is 35.3 Å². The van der Waals surface area contributed by atoms with E-state index in [9.17, 15) is 9.59 Å². The summed E-state index contributed by atoms with van der Waals surface area (Å²) >= 11 is 1.33. The second kappa shape index (κ2) is 9.03. The Balaban J connectivity index is 1.81. The van der Waals surface area contributed by atoms with Crippen molar-refractivity contribution in [2.75, 3.05) is 17.7 Å². The van der Waals surface area contributed by atoms with Gasteiger partial charge >= 0.3 is 6.03 Å². The van der Waals surface area contributed by atoms with E-state index in [0.29, 0.717) is 23.7 Å². The number of nitrogens with zero attached hydrogens (tertiary/aromatic N) is 1. The summed E-state index contributed by atoms with van der Waals surface area (Å²) in [6, 6.07) is 6.78. The maximum Gasteiger partial charge on any atom is 0.325 e. The van der Waals surface area contributed by atoms with Crippen molar-refractivity contribution in [1.82, 2.24) is 10.3 Å². The number of carbonyl (C=O) groups is 2. The third kappa shape index (κ3) is 6.42. The predicted octanol–water partition coefficient (Wildman–Crippen LogP) is 3.25. The van der Waals surface area contributed by atoms with Crippen molar-refractivity contribution in [2.24, 2.45) is 0 Å². The molecule has 1 aromatic heterocycles. The molecule has 134 valence electrons. The average Bonchev–Trinajstić information content (AvgIpc) is 3.00. The molecule has 0 saturated heterocycles. The lowest BCUT2D eigenvalue weighted by atomic mass is 10.2. The summed E-state index contributed by atoms with van der Waals surface area (Å²) in [4.78, 5) is 27.9. The number of rotatable bonds is 7. The van der Waals surface area contributed by atoms with E-state index in [4.69, 9.17) is 4.74 Å². The number of hydrogen-bond donors (Lipinski definition) is 3. The number of aryl methyl sites for hydroxylation is 1. The fourth-order valence-electron chi connectivity index (χ4n) is 2.05. The normalized spacial score (nSPS) is 10.4. The van der Waals surface area contributed by atoms with E-state index in [1.165, 1.54) is 11.3 Å². The molecule has 0 atom stereocenters. The zero-order valence-corrected chi connectivity index (χ0v) is 15.3. The summed E-state index contributed by atoms with van der Waals surface area (Å²) in [5.41, 5.74) is 1.43. The van der Waals surface area contributed by atoms with Crippen molar-refractivity contribution in [3.63, 3.8) is 0 Å². The minimum Gasteiger partial charge on any atom is -0.497 e. The van der Waals surface area contributed by atoms with Crippen LogP contribution in [0, 0.1) is 0 Å². The van der Waals surface area contributed by atoms with Gasteiger partial charge in [0.1, 0.15) is 5.75 Å². The molecule has 25 heavy (non-hydrogen) atoms. The third-order valence-electron chi connectivity index (χ3n) is 3.18. The molecule has 2 aromatic rings. The van der Waals surface area contributed by atoms with Gasteiger partial charge in [0.2, 0.25) is 5.91 Å². The summed E-state index contributed by atoms with van der Waals surface area (Å²) in [6.07, 6.45) is 0.913. The molecule has 0 bridgehead atoms. The summed E-state index contributed by atoms with van der Waals surface area (Å²) < 4.78 is 5.07. The quantitative estimate of drug-likeness (QED) is 0.705. The minimum atomic E-state index is -0.372. The highest BCUT2D eigenvalue weighted by Gasteiger charge is 2.09. The van der Waals surface area contributed by atoms with E-state index in [0.717, 1.165) is 11.4 Å². The van der Waals surface area contributed by atoms with Crippen LogP contribution in [0.4, 0.5) is 15.6 Å². The summed E-state index contributed by atoms with van der Waals surface area (Å²) in [7, 11) is 1.58. The molecule has 0 aliphatic rings. The lowest BCUT2D eigenvalue weighted by Gasteiger charge is -2.07. The van der Waals surface area contributed by atoms with Crippen LogP contribution in [0.3, 0.4) is 0 Å². The smallest absolute Gasteiger partial charge is 0.325 e. The van der Waals surface area contributed by atoms with Gasteiger partial charge in [-0.25, -0.2) is 9.78 Å². The van der Waals surface area contributed by atoms with Gasteiger partial charge in [-0.1, -0.05) is 0 Å². The Hall–Kier alpha value is -2.61. The molecule has 0 saturated carbocycles. The maximum absolute atomic E-state index is 12.0. The standard InChI is InChI=1S/C17H22N4O3S/c1-11(2)18-15(22)9-6-13-10-25-17(20-13)21-16(23)19-12-4-7-14(24-3)8-5-12/h4-5,7-8,10-11H,6,9H2,1-3H3,(H,18,22)(H2,19,20,21,23). The van der Waals surface area contributed by atoms with Crippen LogP contribution in [0.5, 0.6) is 5.75 Å². The maximum atomic E-state index is 12.0. The number of hydrogen-bond acceptors (Lipinski definition) is 5. The van der Waals surface area contributed by atoms with Gasteiger partial charge < -0.3 is 15.4 Å². The van der Waals surface area contributed by atoms with E-state index in [2.05, 4.69) is 20.9 Å². The monoisotopic (exact) mass is 362 g/mol. The molecular formula is C17H22N4O3S. The number of aromatic nitrogens is 1. The van der Waals surface area contributed by atoms with Crippen molar-refractivity contribution < 1.29 is 14.3 Å². The Morgan fingerprint density at radius 2 is 1.92 bits per heavy atom. The average molecular weight is 362 g/mol. The predicted molar refractivity (Wildman–Crippen MR) is 99.3 cm³/mol. The number of urea groups is 1. The van der Waals surface area contributed by atoms with Gasteiger partial charge in [-0.05, 0) is 44.5 Å². The SMILES string of the molecule is COc1ccc(NC(=O)Nc2nc(CCC(=O)NC(C)C)cs2)cc1. The van der Waals surface area contributed by atoms with Crippen LogP contribution in [0.25, 0.3) is 0 Å². The molecule has 0 aliphatic carbocycles. The Kier molecular flexibility index (Phi) is 6.76. The molecule has 3 amide bonds. The van der Waals surface area contributed by atoms with E-state index >= 15 is 0 Å². The van der Waals surface area contributed by atoms with Crippen LogP contribution in [0.2, 0.25) is 0 Å². The number of carbonyl (C=O) groups excluding carboxylic acids is 2. The second-order valence-corrected chi connectivity index (χ2v) is 6.53. The molecule has 3 N–H and O–H groups in total. The molecule has 1 aromatic carbocycles. The first-order valence-corrected chi connectivity index (χ1v) is 8.80. The van der Waals surface area contributed by atoms with E-state index in [-0.39, 0.29) is 18.0 Å². The largest absolute Gasteiger partial charge is 0.497 e. The second-order valence-electron chi connectivity index (χ2n) is 5.67. The van der Waals surface area contributed by atoms with Crippen molar-refractivity contribution in [1.29, 1.82) is 0 Å². The molecular weight excluding hydrogens is 340 g/mol. The number of amides is 3. The Morgan fingerprint density at radius 1 is 1.20 bits per heavy atom. The van der Waals surface area contributed by atoms with Crippen molar-refractivity contribution >= 4 is 34.1 Å². The van der Waals surface area contributed by atoms with Gasteiger partial charge in [0.15, 0.2) is 5.13 Å². The van der Waals surface area contributed by atoms with E-state index in [1.807, 2.05) is 19.2 Å². The molecule has 7 nitrogen and oxygen atoms in total. The zero-order chi connectivity index (χ0) is 18.2. The van der Waals surface area contributed by atoms with E-state index in [1.54, 1.807) is 31.4 Å². The van der Waals surface area contributed by atoms with Crippen LogP contribution in [0.1, 0.15) is 26.0 Å². The molecule has 2 rings (SSSR count). The Bertz CT molecular complexity index is 713. The number of ether oxygens (including phenoxy) is 1. The fraction of sp³-hybridized carbons (Fsp3) is 0.353. The first-order valence-electron chi connectivity index (χ1n) is 7.92. The Morgan fingerprint density at radius 3 is 2.56 bits per heavy atom. The van der Waals surface area contributed by atoms with Gasteiger partial charge in [0, 0.05) is 23.5 Å². The molecule has 0 radical (unpaired) electrons. The topological polar surface area (TPSA) is 92.3 Å². The lowest BCUT2D eigenvalue weighted by Crippen LogP contribution is -2.30. The third-order valence-corrected chi connectivity index (χ3v) is 3.98. The number of benzene rings is 1. The molecule has 0 spiro atoms. The fourth-order valence-corrected chi connectivity index (χ4v) is 2.79. The molecule has 0 aliphatic heterocycles. The number of methoxy groups -OCH3 is 1. The summed E-state index contributed by atoms with van der Waals surface area (Å²) in [5.74, 6) is 0.715. The van der Waals surface area contributed by atoms with Crippen molar-refractivity contribution in [2.45, 2.75) is 32.7 Å². The number of anilines is 2. The summed E-state index contributed by atoms with van der Waals surface area (Å²) in [6.45, 7) is 3.84. The zero-order valence-electron chi connectivity index (χ0n) is 14.5. The minimum absolute atomic E-state index is 0.00485. The molecule has 1 heterocycles. The molecule has 0 unspecified atom stereocenters. The summed E-state index contributed by atoms with van der Waals surface area (Å²) in [5, 5.41) is 10.6. The highest BCUT2D eigenvalue weighted by Crippen LogP contribution is 2.18. The molecule has 0 fully saturated rings. The first kappa shape index (κ1) is 18.7. The van der Waals surface area contributed by atoms with Gasteiger partial charge in [-0.15, -0.1) is 11.3 Å².